The molecule has 3 nitrogen and oxygen atoms in total. The molecule has 0 atom stereocenters. The molecule has 9 aromatic carbocycles. The largest absolute Gasteiger partial charge is 0.455 e. The van der Waals surface area contributed by atoms with Gasteiger partial charge in [0.15, 0.2) is 0 Å². The third-order valence-corrected chi connectivity index (χ3v) is 12.8. The van der Waals surface area contributed by atoms with E-state index in [2.05, 4.69) is 234 Å². The summed E-state index contributed by atoms with van der Waals surface area (Å²) < 4.78 is 8.89. The topological polar surface area (TPSA) is 21.3 Å². The van der Waals surface area contributed by atoms with Crippen LogP contribution in [0.3, 0.4) is 0 Å². The van der Waals surface area contributed by atoms with E-state index in [1.54, 1.807) is 0 Å². The first-order chi connectivity index (χ1) is 31.2. The van der Waals surface area contributed by atoms with Crippen molar-refractivity contribution in [3.63, 3.8) is 0 Å². The first-order valence-electron chi connectivity index (χ1n) is 21.8. The van der Waals surface area contributed by atoms with Crippen LogP contribution < -0.4 is 4.90 Å². The van der Waals surface area contributed by atoms with Gasteiger partial charge in [-0.05, 0) is 101 Å². The Morgan fingerprint density at radius 3 is 1.52 bits per heavy atom. The average Bonchev–Trinajstić information content (AvgIpc) is 3.91. The summed E-state index contributed by atoms with van der Waals surface area (Å²) in [6, 6.07) is 78.7. The van der Waals surface area contributed by atoms with Crippen LogP contribution in [0.4, 0.5) is 11.4 Å². The molecule has 0 fully saturated rings. The second kappa shape index (κ2) is 15.4. The van der Waals surface area contributed by atoms with Crippen LogP contribution in [0.15, 0.2) is 241 Å². The number of hydrogen-bond acceptors (Lipinski definition) is 2. The summed E-state index contributed by atoms with van der Waals surface area (Å²) in [6.07, 6.45) is 6.38. The maximum Gasteiger partial charge on any atom is 0.142 e. The van der Waals surface area contributed by atoms with Gasteiger partial charge in [0.25, 0.3) is 0 Å². The molecule has 2 aromatic heterocycles. The lowest BCUT2D eigenvalue weighted by molar-refractivity contribution is 0.667. The van der Waals surface area contributed by atoms with Crippen molar-refractivity contribution in [1.82, 2.24) is 4.57 Å². The Balaban J connectivity index is 0.928. The lowest BCUT2D eigenvalue weighted by Gasteiger charge is -2.30. The Kier molecular flexibility index (Phi) is 8.97. The van der Waals surface area contributed by atoms with Crippen LogP contribution in [-0.2, 0) is 0 Å². The second-order valence-corrected chi connectivity index (χ2v) is 16.4. The van der Waals surface area contributed by atoms with E-state index in [-0.39, 0.29) is 0 Å². The maximum absolute atomic E-state index is 6.47. The number of benzene rings is 9. The fourth-order valence-corrected chi connectivity index (χ4v) is 9.69. The highest BCUT2D eigenvalue weighted by Crippen LogP contribution is 2.42. The Bertz CT molecular complexity index is 3480. The third kappa shape index (κ3) is 6.45. The van der Waals surface area contributed by atoms with Gasteiger partial charge in [-0.1, -0.05) is 176 Å². The summed E-state index contributed by atoms with van der Waals surface area (Å²) in [6.45, 7) is 0. The minimum atomic E-state index is 0.878. The highest BCUT2D eigenvalue weighted by Gasteiger charge is 2.22. The van der Waals surface area contributed by atoms with Gasteiger partial charge in [-0.15, -0.1) is 0 Å². The second-order valence-electron chi connectivity index (χ2n) is 16.4. The van der Waals surface area contributed by atoms with Crippen LogP contribution in [-0.4, -0.2) is 4.57 Å². The minimum Gasteiger partial charge on any atom is -0.455 e. The fraction of sp³-hybridized carbons (Fsp3) is 0.0333. The number of nitrogens with zero attached hydrogens (tertiary/aromatic N) is 2. The molecule has 12 rings (SSSR count). The van der Waals surface area contributed by atoms with Crippen molar-refractivity contribution in [2.24, 2.45) is 0 Å². The Hall–Kier alpha value is -8.14. The van der Waals surface area contributed by atoms with E-state index < -0.39 is 0 Å². The Morgan fingerprint density at radius 2 is 0.873 bits per heavy atom. The molecule has 2 heterocycles. The predicted molar refractivity (Wildman–Crippen MR) is 265 cm³/mol. The van der Waals surface area contributed by atoms with Gasteiger partial charge in [0.1, 0.15) is 11.2 Å². The summed E-state index contributed by atoms with van der Waals surface area (Å²) in [5, 5.41) is 4.84. The van der Waals surface area contributed by atoms with Crippen LogP contribution in [0.25, 0.3) is 88.4 Å². The van der Waals surface area contributed by atoms with Crippen LogP contribution in [0.1, 0.15) is 18.4 Å². The van der Waals surface area contributed by atoms with Gasteiger partial charge in [0.05, 0.1) is 16.7 Å². The van der Waals surface area contributed by atoms with E-state index in [0.717, 1.165) is 46.2 Å². The summed E-state index contributed by atoms with van der Waals surface area (Å²) in [7, 11) is 0. The van der Waals surface area contributed by atoms with Crippen LogP contribution in [0.2, 0.25) is 0 Å². The molecule has 0 radical (unpaired) electrons. The molecule has 0 saturated carbocycles. The minimum absolute atomic E-state index is 0.878. The molecule has 0 N–H and O–H groups in total. The molecule has 0 unspecified atom stereocenters. The molecular weight excluding hydrogens is 765 g/mol. The molecule has 1 aliphatic rings. The highest BCUT2D eigenvalue weighted by molar-refractivity contribution is 6.10. The van der Waals surface area contributed by atoms with Crippen molar-refractivity contribution in [2.75, 3.05) is 4.90 Å². The van der Waals surface area contributed by atoms with Crippen molar-refractivity contribution >= 4 is 60.7 Å². The average molecular weight is 807 g/mol. The zero-order valence-corrected chi connectivity index (χ0v) is 34.7. The predicted octanol–water partition coefficient (Wildman–Crippen LogP) is 16.6. The van der Waals surface area contributed by atoms with E-state index >= 15 is 0 Å². The summed E-state index contributed by atoms with van der Waals surface area (Å²) in [5.74, 6) is 0. The molecule has 0 amide bonds. The van der Waals surface area contributed by atoms with Gasteiger partial charge in [-0.2, -0.15) is 0 Å². The maximum atomic E-state index is 6.47. The molecule has 11 aromatic rings. The number of hydrogen-bond donors (Lipinski definition) is 0. The molecule has 0 spiro atoms. The monoisotopic (exact) mass is 806 g/mol. The standard InChI is InChI=1S/C60H42N2O/c1-2-13-41(14-3-1)42-25-27-43(28-26-42)44-29-35-47(36-30-44)61(49-39-33-46(34-40-49)51-19-12-20-55-54-18-7-11-24-59(54)63-60(51)55)48-37-31-45(32-38-48)50-15-4-8-21-56(50)62-57-22-9-5-16-52(57)53-17-6-10-23-58(53)62/h1-33,35-39H,34,40H2. The van der Waals surface area contributed by atoms with Crippen LogP contribution in [0.5, 0.6) is 0 Å². The highest BCUT2D eigenvalue weighted by atomic mass is 16.3. The van der Waals surface area contributed by atoms with Gasteiger partial charge < -0.3 is 13.9 Å². The summed E-state index contributed by atoms with van der Waals surface area (Å²) in [4.78, 5) is 2.43. The number of fused-ring (bicyclic) bond motifs is 6. The van der Waals surface area contributed by atoms with E-state index in [9.17, 15) is 0 Å². The molecule has 298 valence electrons. The fourth-order valence-electron chi connectivity index (χ4n) is 9.69. The molecule has 0 aliphatic heterocycles. The summed E-state index contributed by atoms with van der Waals surface area (Å²) in [5.41, 5.74) is 18.6. The van der Waals surface area contributed by atoms with Crippen molar-refractivity contribution in [3.8, 4) is 39.1 Å². The van der Waals surface area contributed by atoms with E-state index in [4.69, 9.17) is 4.42 Å². The zero-order valence-electron chi connectivity index (χ0n) is 34.7. The number of aromatic nitrogens is 1. The third-order valence-electron chi connectivity index (χ3n) is 12.8. The number of furan rings is 1. The molecular formula is C60H42N2O. The van der Waals surface area contributed by atoms with Gasteiger partial charge in [0.2, 0.25) is 0 Å². The van der Waals surface area contributed by atoms with Crippen LogP contribution in [0, 0.1) is 0 Å². The van der Waals surface area contributed by atoms with Gasteiger partial charge in [-0.3, -0.25) is 0 Å². The van der Waals surface area contributed by atoms with Crippen molar-refractivity contribution in [3.05, 3.63) is 242 Å². The number of anilines is 2. The summed E-state index contributed by atoms with van der Waals surface area (Å²) >= 11 is 0. The molecule has 63 heavy (non-hydrogen) atoms. The number of para-hydroxylation sites is 5. The Morgan fingerprint density at radius 1 is 0.365 bits per heavy atom. The SMILES string of the molecule is C1=C(c2cccc3c2oc2ccccc23)CCC(N(c2ccc(-c3ccc(-c4ccccc4)cc3)cc2)c2ccc(-c3ccccc3-n3c4ccccc4c4ccccc43)cc2)=C1. The van der Waals surface area contributed by atoms with Gasteiger partial charge in [0, 0.05) is 49.7 Å². The van der Waals surface area contributed by atoms with Crippen LogP contribution >= 0.6 is 0 Å². The number of allylic oxidation sites excluding steroid dienone is 4. The lowest BCUT2D eigenvalue weighted by Crippen LogP contribution is -2.17. The van der Waals surface area contributed by atoms with E-state index in [1.165, 1.54) is 77.7 Å². The first kappa shape index (κ1) is 36.7. The van der Waals surface area contributed by atoms with Gasteiger partial charge >= 0.3 is 0 Å². The normalized spacial score (nSPS) is 12.8. The molecule has 0 bridgehead atoms. The van der Waals surface area contributed by atoms with Crippen molar-refractivity contribution in [1.29, 1.82) is 0 Å². The molecule has 0 saturated heterocycles. The van der Waals surface area contributed by atoms with Crippen molar-refractivity contribution < 1.29 is 4.42 Å². The van der Waals surface area contributed by atoms with Crippen molar-refractivity contribution in [2.45, 2.75) is 12.8 Å². The number of rotatable bonds is 8. The van der Waals surface area contributed by atoms with E-state index in [0.29, 0.717) is 0 Å². The van der Waals surface area contributed by atoms with E-state index in [1.807, 2.05) is 6.07 Å². The first-order valence-corrected chi connectivity index (χ1v) is 21.8. The molecule has 3 heteroatoms. The van der Waals surface area contributed by atoms with Gasteiger partial charge in [-0.25, -0.2) is 0 Å². The lowest BCUT2D eigenvalue weighted by atomic mass is 9.93. The zero-order chi connectivity index (χ0) is 41.7. The smallest absolute Gasteiger partial charge is 0.142 e. The quantitative estimate of drug-likeness (QED) is 0.153. The Labute approximate surface area is 366 Å². The molecule has 1 aliphatic carbocycles.